The largest absolute Gasteiger partial charge is 0.489 e. The molecule has 134 valence electrons. The highest BCUT2D eigenvalue weighted by molar-refractivity contribution is 5.92. The van der Waals surface area contributed by atoms with E-state index in [0.29, 0.717) is 12.2 Å². The molecular formula is C22H23NO3. The van der Waals surface area contributed by atoms with Crippen LogP contribution >= 0.6 is 0 Å². The maximum absolute atomic E-state index is 12.3. The van der Waals surface area contributed by atoms with Gasteiger partial charge in [0.2, 0.25) is 0 Å². The normalized spacial score (nSPS) is 16.6. The van der Waals surface area contributed by atoms with Crippen molar-refractivity contribution in [3.05, 3.63) is 88.8 Å². The van der Waals surface area contributed by atoms with E-state index < -0.39 is 0 Å². The number of nitrogens with one attached hydrogen (secondary N) is 1. The van der Waals surface area contributed by atoms with Crippen molar-refractivity contribution in [3.63, 3.8) is 0 Å². The second-order valence-corrected chi connectivity index (χ2v) is 6.33. The van der Waals surface area contributed by atoms with Crippen molar-refractivity contribution in [2.75, 3.05) is 7.11 Å². The lowest BCUT2D eigenvalue weighted by molar-refractivity contribution is -0.136. The van der Waals surface area contributed by atoms with Crippen molar-refractivity contribution in [1.29, 1.82) is 0 Å². The number of rotatable bonds is 5. The van der Waals surface area contributed by atoms with Gasteiger partial charge in [-0.3, -0.25) is 0 Å². The van der Waals surface area contributed by atoms with Crippen molar-refractivity contribution >= 4 is 5.97 Å². The van der Waals surface area contributed by atoms with Crippen LogP contribution in [0.15, 0.2) is 77.6 Å². The molecule has 1 unspecified atom stereocenters. The highest BCUT2D eigenvalue weighted by atomic mass is 16.5. The standard InChI is InChI=1S/C22H23NO3/c1-15-12-20(21(16(2)23-15)22(24)25-3)18-10-7-11-19(13-18)26-14-17-8-5-4-6-9-17/h4-13,20,23H,14H2,1-3H3. The van der Waals surface area contributed by atoms with E-state index in [0.717, 1.165) is 28.3 Å². The van der Waals surface area contributed by atoms with E-state index in [4.69, 9.17) is 9.47 Å². The van der Waals surface area contributed by atoms with Crippen molar-refractivity contribution in [2.45, 2.75) is 26.4 Å². The highest BCUT2D eigenvalue weighted by Crippen LogP contribution is 2.34. The molecule has 26 heavy (non-hydrogen) atoms. The molecule has 4 nitrogen and oxygen atoms in total. The van der Waals surface area contributed by atoms with E-state index in [1.54, 1.807) is 0 Å². The molecule has 1 atom stereocenters. The predicted octanol–water partition coefficient (Wildman–Crippen LogP) is 4.30. The van der Waals surface area contributed by atoms with Gasteiger partial charge in [-0.05, 0) is 37.1 Å². The average molecular weight is 349 g/mol. The Kier molecular flexibility index (Phi) is 5.42. The van der Waals surface area contributed by atoms with Gasteiger partial charge in [-0.2, -0.15) is 0 Å². The number of esters is 1. The SMILES string of the molecule is COC(=O)C1=C(C)NC(C)=CC1c1cccc(OCc2ccccc2)c1. The Morgan fingerprint density at radius 3 is 2.58 bits per heavy atom. The van der Waals surface area contributed by atoms with Crippen molar-refractivity contribution in [2.24, 2.45) is 0 Å². The van der Waals surface area contributed by atoms with E-state index in [9.17, 15) is 4.79 Å². The van der Waals surface area contributed by atoms with Crippen LogP contribution in [0.25, 0.3) is 0 Å². The minimum absolute atomic E-state index is 0.163. The van der Waals surface area contributed by atoms with Crippen LogP contribution < -0.4 is 10.1 Å². The van der Waals surface area contributed by atoms with Crippen LogP contribution in [0, 0.1) is 0 Å². The smallest absolute Gasteiger partial charge is 0.336 e. The lowest BCUT2D eigenvalue weighted by Crippen LogP contribution is -2.25. The van der Waals surface area contributed by atoms with Gasteiger partial charge in [0.25, 0.3) is 0 Å². The van der Waals surface area contributed by atoms with E-state index in [2.05, 4.69) is 5.32 Å². The molecule has 0 bridgehead atoms. The fourth-order valence-electron chi connectivity index (χ4n) is 3.16. The summed E-state index contributed by atoms with van der Waals surface area (Å²) in [5.74, 6) is 0.293. The fourth-order valence-corrected chi connectivity index (χ4v) is 3.16. The first kappa shape index (κ1) is 17.8. The Bertz CT molecular complexity index is 853. The second-order valence-electron chi connectivity index (χ2n) is 6.33. The van der Waals surface area contributed by atoms with Crippen molar-refractivity contribution in [1.82, 2.24) is 5.32 Å². The van der Waals surface area contributed by atoms with Gasteiger partial charge in [-0.15, -0.1) is 0 Å². The Morgan fingerprint density at radius 1 is 1.08 bits per heavy atom. The number of methoxy groups -OCH3 is 1. The topological polar surface area (TPSA) is 47.6 Å². The molecule has 0 aromatic heterocycles. The summed E-state index contributed by atoms with van der Waals surface area (Å²) in [4.78, 5) is 12.3. The maximum Gasteiger partial charge on any atom is 0.336 e. The zero-order chi connectivity index (χ0) is 18.5. The van der Waals surface area contributed by atoms with E-state index in [1.165, 1.54) is 7.11 Å². The minimum Gasteiger partial charge on any atom is -0.489 e. The lowest BCUT2D eigenvalue weighted by Gasteiger charge is -2.25. The molecule has 2 aromatic rings. The molecule has 4 heteroatoms. The van der Waals surface area contributed by atoms with Gasteiger partial charge in [0, 0.05) is 17.3 Å². The quantitative estimate of drug-likeness (QED) is 0.818. The first-order valence-electron chi connectivity index (χ1n) is 8.59. The number of dihydropyridines is 1. The molecule has 3 rings (SSSR count). The van der Waals surface area contributed by atoms with Crippen molar-refractivity contribution < 1.29 is 14.3 Å². The number of carbonyl (C=O) groups excluding carboxylic acids is 1. The summed E-state index contributed by atoms with van der Waals surface area (Å²) in [6, 6.07) is 17.9. The summed E-state index contributed by atoms with van der Waals surface area (Å²) < 4.78 is 10.9. The van der Waals surface area contributed by atoms with Gasteiger partial charge in [-0.25, -0.2) is 4.79 Å². The van der Waals surface area contributed by atoms with Gasteiger partial charge in [-0.1, -0.05) is 48.5 Å². The van der Waals surface area contributed by atoms with Crippen LogP contribution in [0.5, 0.6) is 5.75 Å². The summed E-state index contributed by atoms with van der Waals surface area (Å²) in [5.41, 5.74) is 4.56. The third-order valence-electron chi connectivity index (χ3n) is 4.39. The minimum atomic E-state index is -0.320. The summed E-state index contributed by atoms with van der Waals surface area (Å²) in [6.07, 6.45) is 2.04. The molecule has 2 aromatic carbocycles. The average Bonchev–Trinajstić information content (AvgIpc) is 2.66. The summed E-state index contributed by atoms with van der Waals surface area (Å²) in [6.45, 7) is 4.38. The van der Waals surface area contributed by atoms with Crippen LogP contribution in [0.4, 0.5) is 0 Å². The highest BCUT2D eigenvalue weighted by Gasteiger charge is 2.27. The third kappa shape index (κ3) is 3.97. The van der Waals surface area contributed by atoms with Crippen molar-refractivity contribution in [3.8, 4) is 5.75 Å². The van der Waals surface area contributed by atoms with Gasteiger partial charge in [0.05, 0.1) is 12.7 Å². The Morgan fingerprint density at radius 2 is 1.85 bits per heavy atom. The second kappa shape index (κ2) is 7.91. The molecule has 0 fully saturated rings. The van der Waals surface area contributed by atoms with Crippen LogP contribution in [0.3, 0.4) is 0 Å². The van der Waals surface area contributed by atoms with Crippen LogP contribution in [-0.2, 0) is 16.1 Å². The van der Waals surface area contributed by atoms with E-state index >= 15 is 0 Å². The molecule has 1 heterocycles. The zero-order valence-corrected chi connectivity index (χ0v) is 15.3. The Hall–Kier alpha value is -3.01. The first-order chi connectivity index (χ1) is 12.6. The Balaban J connectivity index is 1.86. The monoisotopic (exact) mass is 349 g/mol. The molecule has 1 aliphatic rings. The molecule has 0 saturated heterocycles. The molecule has 0 amide bonds. The molecule has 0 radical (unpaired) electrons. The molecule has 0 saturated carbocycles. The van der Waals surface area contributed by atoms with Gasteiger partial charge in [0.15, 0.2) is 0 Å². The summed E-state index contributed by atoms with van der Waals surface area (Å²) in [7, 11) is 1.41. The number of benzene rings is 2. The van der Waals surface area contributed by atoms with Gasteiger partial charge in [0.1, 0.15) is 12.4 Å². The van der Waals surface area contributed by atoms with Crippen LogP contribution in [0.1, 0.15) is 30.9 Å². The molecule has 0 aliphatic carbocycles. The number of hydrogen-bond acceptors (Lipinski definition) is 4. The Labute approximate surface area is 154 Å². The number of ether oxygens (including phenoxy) is 2. The summed E-state index contributed by atoms with van der Waals surface area (Å²) in [5, 5.41) is 3.21. The number of carbonyl (C=O) groups is 1. The van der Waals surface area contributed by atoms with Crippen LogP contribution in [0.2, 0.25) is 0 Å². The lowest BCUT2D eigenvalue weighted by atomic mass is 9.87. The van der Waals surface area contributed by atoms with E-state index in [1.807, 2.05) is 74.5 Å². The summed E-state index contributed by atoms with van der Waals surface area (Å²) >= 11 is 0. The van der Waals surface area contributed by atoms with E-state index in [-0.39, 0.29) is 11.9 Å². The number of hydrogen-bond donors (Lipinski definition) is 1. The maximum atomic E-state index is 12.3. The fraction of sp³-hybridized carbons (Fsp3) is 0.227. The molecule has 0 spiro atoms. The van der Waals surface area contributed by atoms with Gasteiger partial charge >= 0.3 is 5.97 Å². The third-order valence-corrected chi connectivity index (χ3v) is 4.39. The first-order valence-corrected chi connectivity index (χ1v) is 8.59. The zero-order valence-electron chi connectivity index (χ0n) is 15.3. The molecular weight excluding hydrogens is 326 g/mol. The molecule has 1 N–H and O–H groups in total. The van der Waals surface area contributed by atoms with Crippen LogP contribution in [-0.4, -0.2) is 13.1 Å². The number of allylic oxidation sites excluding steroid dienone is 3. The molecule has 1 aliphatic heterocycles. The predicted molar refractivity (Wildman–Crippen MR) is 102 cm³/mol. The van der Waals surface area contributed by atoms with Gasteiger partial charge < -0.3 is 14.8 Å².